The summed E-state index contributed by atoms with van der Waals surface area (Å²) >= 11 is 0. The molecule has 4 nitrogen and oxygen atoms in total. The molecule has 0 saturated heterocycles. The van der Waals surface area contributed by atoms with Gasteiger partial charge >= 0.3 is 0 Å². The number of carbonyl (C=O) groups excluding carboxylic acids is 1. The molecule has 0 aliphatic carbocycles. The third-order valence-electron chi connectivity index (χ3n) is 2.37. The number of amides is 1. The Morgan fingerprint density at radius 3 is 2.88 bits per heavy atom. The van der Waals surface area contributed by atoms with Gasteiger partial charge in [0.05, 0.1) is 5.60 Å². The molecule has 0 aliphatic rings. The minimum Gasteiger partial charge on any atom is -0.388 e. The molecule has 1 rings (SSSR count). The van der Waals surface area contributed by atoms with Crippen LogP contribution in [0.15, 0.2) is 18.2 Å². The standard InChI is InChI=1S/C12H17FN2O2/c1-3-7-12(2,17)8-14-11(16)9-5-4-6-10(13)15-9/h4-6,17H,3,7-8H2,1-2H3,(H,14,16). The quantitative estimate of drug-likeness (QED) is 0.767. The van der Waals surface area contributed by atoms with E-state index in [0.29, 0.717) is 6.42 Å². The summed E-state index contributed by atoms with van der Waals surface area (Å²) in [4.78, 5) is 15.1. The van der Waals surface area contributed by atoms with Crippen LogP contribution in [0.25, 0.3) is 0 Å². The molecule has 0 fully saturated rings. The molecule has 94 valence electrons. The van der Waals surface area contributed by atoms with E-state index in [1.807, 2.05) is 6.92 Å². The summed E-state index contributed by atoms with van der Waals surface area (Å²) in [5.41, 5.74) is -0.935. The number of hydrogen-bond acceptors (Lipinski definition) is 3. The van der Waals surface area contributed by atoms with Gasteiger partial charge < -0.3 is 10.4 Å². The Bertz CT molecular complexity index is 394. The van der Waals surface area contributed by atoms with Crippen molar-refractivity contribution in [3.05, 3.63) is 29.8 Å². The molecule has 1 amide bonds. The van der Waals surface area contributed by atoms with E-state index in [0.717, 1.165) is 6.42 Å². The van der Waals surface area contributed by atoms with Gasteiger partial charge in [0.15, 0.2) is 0 Å². The lowest BCUT2D eigenvalue weighted by Gasteiger charge is -2.22. The highest BCUT2D eigenvalue weighted by atomic mass is 19.1. The van der Waals surface area contributed by atoms with Gasteiger partial charge in [-0.2, -0.15) is 4.39 Å². The second-order valence-corrected chi connectivity index (χ2v) is 4.28. The van der Waals surface area contributed by atoms with Gasteiger partial charge in [-0.3, -0.25) is 4.79 Å². The molecule has 0 saturated carbocycles. The first kappa shape index (κ1) is 13.6. The number of carbonyl (C=O) groups is 1. The average molecular weight is 240 g/mol. The monoisotopic (exact) mass is 240 g/mol. The summed E-state index contributed by atoms with van der Waals surface area (Å²) in [7, 11) is 0. The normalized spacial score (nSPS) is 14.1. The van der Waals surface area contributed by atoms with Crippen molar-refractivity contribution in [1.82, 2.24) is 10.3 Å². The van der Waals surface area contributed by atoms with Crippen LogP contribution >= 0.6 is 0 Å². The van der Waals surface area contributed by atoms with Gasteiger partial charge in [0.1, 0.15) is 5.69 Å². The summed E-state index contributed by atoms with van der Waals surface area (Å²) in [6, 6.07) is 4.01. The number of rotatable bonds is 5. The lowest BCUT2D eigenvalue weighted by Crippen LogP contribution is -2.40. The first-order valence-electron chi connectivity index (χ1n) is 5.58. The maximum absolute atomic E-state index is 12.8. The molecule has 1 aromatic rings. The minimum absolute atomic E-state index is 0.0114. The van der Waals surface area contributed by atoms with Gasteiger partial charge in [0, 0.05) is 6.54 Å². The van der Waals surface area contributed by atoms with Crippen LogP contribution in [0.3, 0.4) is 0 Å². The Kier molecular flexibility index (Phi) is 4.57. The number of pyridine rings is 1. The first-order valence-corrected chi connectivity index (χ1v) is 5.58. The van der Waals surface area contributed by atoms with Gasteiger partial charge in [-0.25, -0.2) is 4.98 Å². The summed E-state index contributed by atoms with van der Waals surface area (Å²) < 4.78 is 12.8. The fourth-order valence-corrected chi connectivity index (χ4v) is 1.52. The maximum atomic E-state index is 12.8. The van der Waals surface area contributed by atoms with Crippen LogP contribution in [0.2, 0.25) is 0 Å². The topological polar surface area (TPSA) is 62.2 Å². The molecule has 1 atom stereocenters. The molecule has 0 bridgehead atoms. The molecular weight excluding hydrogens is 223 g/mol. The van der Waals surface area contributed by atoms with Crippen LogP contribution in [0.1, 0.15) is 37.2 Å². The Morgan fingerprint density at radius 2 is 2.29 bits per heavy atom. The summed E-state index contributed by atoms with van der Waals surface area (Å²) in [5.74, 6) is -1.18. The SMILES string of the molecule is CCCC(C)(O)CNC(=O)c1cccc(F)n1. The minimum atomic E-state index is -0.947. The van der Waals surface area contributed by atoms with Crippen molar-refractivity contribution in [3.63, 3.8) is 0 Å². The van der Waals surface area contributed by atoms with E-state index in [2.05, 4.69) is 10.3 Å². The molecule has 0 spiro atoms. The van der Waals surface area contributed by atoms with Gasteiger partial charge in [0.2, 0.25) is 5.95 Å². The van der Waals surface area contributed by atoms with E-state index >= 15 is 0 Å². The van der Waals surface area contributed by atoms with Crippen molar-refractivity contribution in [2.45, 2.75) is 32.3 Å². The average Bonchev–Trinajstić information content (AvgIpc) is 2.26. The molecule has 17 heavy (non-hydrogen) atoms. The van der Waals surface area contributed by atoms with E-state index < -0.39 is 17.5 Å². The Morgan fingerprint density at radius 1 is 1.59 bits per heavy atom. The summed E-state index contributed by atoms with van der Waals surface area (Å²) in [5, 5.41) is 12.4. The van der Waals surface area contributed by atoms with Crippen molar-refractivity contribution >= 4 is 5.91 Å². The van der Waals surface area contributed by atoms with Gasteiger partial charge in [-0.1, -0.05) is 19.4 Å². The number of nitrogens with zero attached hydrogens (tertiary/aromatic N) is 1. The molecule has 0 radical (unpaired) electrons. The third kappa shape index (κ3) is 4.48. The predicted molar refractivity (Wildman–Crippen MR) is 62.1 cm³/mol. The van der Waals surface area contributed by atoms with Crippen LogP contribution in [-0.4, -0.2) is 28.1 Å². The van der Waals surface area contributed by atoms with E-state index in [1.165, 1.54) is 18.2 Å². The zero-order chi connectivity index (χ0) is 12.9. The van der Waals surface area contributed by atoms with Crippen LogP contribution in [0.4, 0.5) is 4.39 Å². The number of aromatic nitrogens is 1. The summed E-state index contributed by atoms with van der Waals surface area (Å²) in [6.07, 6.45) is 1.41. The Balaban J connectivity index is 2.56. The summed E-state index contributed by atoms with van der Waals surface area (Å²) in [6.45, 7) is 3.72. The van der Waals surface area contributed by atoms with Gasteiger partial charge in [0.25, 0.3) is 5.91 Å². The van der Waals surface area contributed by atoms with Crippen molar-refractivity contribution in [2.24, 2.45) is 0 Å². The van der Waals surface area contributed by atoms with Gasteiger partial charge in [-0.15, -0.1) is 0 Å². The highest BCUT2D eigenvalue weighted by Crippen LogP contribution is 2.10. The van der Waals surface area contributed by atoms with Crippen molar-refractivity contribution in [2.75, 3.05) is 6.54 Å². The second kappa shape index (κ2) is 5.72. The number of hydrogen-bond donors (Lipinski definition) is 2. The number of halogens is 1. The largest absolute Gasteiger partial charge is 0.388 e. The van der Waals surface area contributed by atoms with Gasteiger partial charge in [-0.05, 0) is 25.5 Å². The number of aliphatic hydroxyl groups is 1. The van der Waals surface area contributed by atoms with E-state index in [-0.39, 0.29) is 12.2 Å². The molecule has 5 heteroatoms. The number of nitrogens with one attached hydrogen (secondary N) is 1. The van der Waals surface area contributed by atoms with Crippen molar-refractivity contribution in [3.8, 4) is 0 Å². The molecule has 1 unspecified atom stereocenters. The van der Waals surface area contributed by atoms with E-state index in [1.54, 1.807) is 6.92 Å². The maximum Gasteiger partial charge on any atom is 0.270 e. The highest BCUT2D eigenvalue weighted by Gasteiger charge is 2.20. The Labute approximate surface area is 99.9 Å². The lowest BCUT2D eigenvalue weighted by atomic mass is 10.0. The Hall–Kier alpha value is -1.49. The van der Waals surface area contributed by atoms with Crippen LogP contribution in [0, 0.1) is 5.95 Å². The fourth-order valence-electron chi connectivity index (χ4n) is 1.52. The molecular formula is C12H17FN2O2. The fraction of sp³-hybridized carbons (Fsp3) is 0.500. The van der Waals surface area contributed by atoms with Crippen LogP contribution in [0.5, 0.6) is 0 Å². The lowest BCUT2D eigenvalue weighted by molar-refractivity contribution is 0.0468. The predicted octanol–water partition coefficient (Wildman–Crippen LogP) is 1.50. The second-order valence-electron chi connectivity index (χ2n) is 4.28. The first-order chi connectivity index (χ1) is 7.94. The molecule has 0 aliphatic heterocycles. The zero-order valence-corrected chi connectivity index (χ0v) is 10.0. The highest BCUT2D eigenvalue weighted by molar-refractivity contribution is 5.92. The molecule has 1 aromatic heterocycles. The van der Waals surface area contributed by atoms with Crippen LogP contribution < -0.4 is 5.32 Å². The smallest absolute Gasteiger partial charge is 0.270 e. The van der Waals surface area contributed by atoms with Crippen molar-refractivity contribution < 1.29 is 14.3 Å². The molecule has 1 heterocycles. The zero-order valence-electron chi connectivity index (χ0n) is 10.0. The molecule has 0 aromatic carbocycles. The van der Waals surface area contributed by atoms with Crippen molar-refractivity contribution in [1.29, 1.82) is 0 Å². The molecule has 2 N–H and O–H groups in total. The van der Waals surface area contributed by atoms with E-state index in [4.69, 9.17) is 0 Å². The van der Waals surface area contributed by atoms with Crippen LogP contribution in [-0.2, 0) is 0 Å². The van der Waals surface area contributed by atoms with E-state index in [9.17, 15) is 14.3 Å². The third-order valence-corrected chi connectivity index (χ3v) is 2.37.